The number of nitrogens with two attached hydrogens (primary N) is 1. The normalized spacial score (nSPS) is 12.5. The number of amides is 1. The van der Waals surface area contributed by atoms with Gasteiger partial charge in [-0.25, -0.2) is 14.8 Å². The number of allylic oxidation sites excluding steroid dienone is 1. The van der Waals surface area contributed by atoms with Gasteiger partial charge in [0.2, 0.25) is 0 Å². The summed E-state index contributed by atoms with van der Waals surface area (Å²) in [6.07, 6.45) is 4.21. The van der Waals surface area contributed by atoms with Gasteiger partial charge in [0.15, 0.2) is 0 Å². The maximum Gasteiger partial charge on any atom is 0.405 e. The van der Waals surface area contributed by atoms with Crippen LogP contribution in [0.4, 0.5) is 10.6 Å². The van der Waals surface area contributed by atoms with Crippen molar-refractivity contribution < 1.29 is 9.90 Å². The Bertz CT molecular complexity index is 1120. The molecule has 0 aliphatic carbocycles. The van der Waals surface area contributed by atoms with Gasteiger partial charge in [0.05, 0.1) is 16.3 Å². The highest BCUT2D eigenvalue weighted by atomic mass is 32.1. The lowest BCUT2D eigenvalue weighted by Crippen LogP contribution is -2.35. The number of rotatable bonds is 3. The molecule has 4 N–H and O–H groups in total. The van der Waals surface area contributed by atoms with E-state index in [9.17, 15) is 9.90 Å². The first-order valence-corrected chi connectivity index (χ1v) is 9.83. The van der Waals surface area contributed by atoms with Crippen LogP contribution in [0.5, 0.6) is 0 Å². The number of pyridine rings is 1. The van der Waals surface area contributed by atoms with Gasteiger partial charge in [0, 0.05) is 11.8 Å². The fourth-order valence-electron chi connectivity index (χ4n) is 2.85. The number of anilines is 1. The number of nitrogens with one attached hydrogen (secondary N) is 1. The van der Waals surface area contributed by atoms with Crippen molar-refractivity contribution in [1.29, 1.82) is 0 Å². The molecule has 0 saturated heterocycles. The number of benzene rings is 1. The van der Waals surface area contributed by atoms with Gasteiger partial charge in [0.25, 0.3) is 0 Å². The van der Waals surface area contributed by atoms with Crippen LogP contribution >= 0.6 is 11.3 Å². The third-order valence-corrected chi connectivity index (χ3v) is 5.19. The molecule has 7 heteroatoms. The molecular weight excluding hydrogens is 384 g/mol. The summed E-state index contributed by atoms with van der Waals surface area (Å²) in [6, 6.07) is 9.07. The van der Waals surface area contributed by atoms with Crippen molar-refractivity contribution in [3.63, 3.8) is 0 Å². The number of carboxylic acid groups (broad SMARTS) is 1. The standard InChI is InChI=1S/C22H22N4O2S/c1-22(2,3)20(26-21(27)28)15-9-10-16-17(12-15)29-19(25-16)7-5-4-6-14-8-11-18(23)24-13-14/h5,7-13,20,26H,1-3H3,(H2,23,24)(H,27,28)/b7-5+. The van der Waals surface area contributed by atoms with Gasteiger partial charge in [-0.05, 0) is 47.4 Å². The quantitative estimate of drug-likeness (QED) is 0.548. The molecule has 3 rings (SSSR count). The Morgan fingerprint density at radius 1 is 1.31 bits per heavy atom. The molecule has 0 saturated carbocycles. The second-order valence-corrected chi connectivity index (χ2v) is 8.66. The maximum atomic E-state index is 11.2. The zero-order chi connectivity index (χ0) is 21.0. The minimum absolute atomic E-state index is 0.258. The van der Waals surface area contributed by atoms with Gasteiger partial charge < -0.3 is 16.2 Å². The SMILES string of the molecule is CC(C)(C)C(NC(=O)O)c1ccc2nc(/C=C/C#Cc3ccc(N)nc3)sc2c1. The van der Waals surface area contributed by atoms with Crippen LogP contribution in [0.2, 0.25) is 0 Å². The van der Waals surface area contributed by atoms with E-state index in [4.69, 9.17) is 5.73 Å². The van der Waals surface area contributed by atoms with Crippen molar-refractivity contribution in [2.24, 2.45) is 5.41 Å². The molecule has 148 valence electrons. The second-order valence-electron chi connectivity index (χ2n) is 7.60. The van der Waals surface area contributed by atoms with Gasteiger partial charge in [-0.2, -0.15) is 0 Å². The van der Waals surface area contributed by atoms with E-state index < -0.39 is 6.09 Å². The minimum Gasteiger partial charge on any atom is -0.465 e. The van der Waals surface area contributed by atoms with E-state index in [1.165, 1.54) is 11.3 Å². The van der Waals surface area contributed by atoms with Crippen molar-refractivity contribution in [3.8, 4) is 11.8 Å². The van der Waals surface area contributed by atoms with Crippen molar-refractivity contribution in [2.45, 2.75) is 26.8 Å². The number of hydrogen-bond donors (Lipinski definition) is 3. The fraction of sp³-hybridized carbons (Fsp3) is 0.227. The zero-order valence-corrected chi connectivity index (χ0v) is 17.2. The van der Waals surface area contributed by atoms with Crippen molar-refractivity contribution >= 4 is 39.5 Å². The lowest BCUT2D eigenvalue weighted by atomic mass is 9.82. The molecule has 1 atom stereocenters. The number of carbonyl (C=O) groups is 1. The molecule has 0 aliphatic heterocycles. The molecule has 3 aromatic rings. The smallest absolute Gasteiger partial charge is 0.405 e. The van der Waals surface area contributed by atoms with Crippen LogP contribution in [0.3, 0.4) is 0 Å². The Balaban J connectivity index is 1.82. The molecule has 6 nitrogen and oxygen atoms in total. The molecule has 0 aliphatic rings. The molecule has 0 bridgehead atoms. The van der Waals surface area contributed by atoms with Crippen LogP contribution in [-0.2, 0) is 0 Å². The van der Waals surface area contributed by atoms with E-state index in [0.717, 1.165) is 26.4 Å². The Morgan fingerprint density at radius 3 is 2.76 bits per heavy atom. The summed E-state index contributed by atoms with van der Waals surface area (Å²) in [5.41, 5.74) is 7.88. The summed E-state index contributed by atoms with van der Waals surface area (Å²) in [6.45, 7) is 6.02. The number of aromatic nitrogens is 2. The van der Waals surface area contributed by atoms with Gasteiger partial charge in [-0.1, -0.05) is 38.7 Å². The number of nitrogen functional groups attached to an aromatic ring is 1. The molecule has 1 unspecified atom stereocenters. The van der Waals surface area contributed by atoms with Crippen LogP contribution in [-0.4, -0.2) is 21.2 Å². The van der Waals surface area contributed by atoms with E-state index in [0.29, 0.717) is 5.82 Å². The summed E-state index contributed by atoms with van der Waals surface area (Å²) in [7, 11) is 0. The van der Waals surface area contributed by atoms with E-state index in [1.807, 2.05) is 51.1 Å². The average molecular weight is 407 g/mol. The van der Waals surface area contributed by atoms with Gasteiger partial charge in [-0.15, -0.1) is 11.3 Å². The summed E-state index contributed by atoms with van der Waals surface area (Å²) in [5, 5.41) is 12.6. The molecule has 1 aromatic carbocycles. The van der Waals surface area contributed by atoms with Gasteiger partial charge in [-0.3, -0.25) is 0 Å². The first-order chi connectivity index (χ1) is 13.7. The number of hydrogen-bond acceptors (Lipinski definition) is 5. The monoisotopic (exact) mass is 406 g/mol. The van der Waals surface area contributed by atoms with Crippen LogP contribution < -0.4 is 11.1 Å². The average Bonchev–Trinajstić information content (AvgIpc) is 3.05. The molecule has 1 amide bonds. The van der Waals surface area contributed by atoms with E-state index in [2.05, 4.69) is 27.1 Å². The van der Waals surface area contributed by atoms with E-state index in [1.54, 1.807) is 18.3 Å². The van der Waals surface area contributed by atoms with Crippen LogP contribution in [0.15, 0.2) is 42.6 Å². The third kappa shape index (κ3) is 5.33. The predicted octanol–water partition coefficient (Wildman–Crippen LogP) is 4.69. The second kappa shape index (κ2) is 8.33. The Hall–Kier alpha value is -3.37. The van der Waals surface area contributed by atoms with Gasteiger partial charge in [0.1, 0.15) is 10.8 Å². The highest BCUT2D eigenvalue weighted by Gasteiger charge is 2.28. The van der Waals surface area contributed by atoms with Crippen LogP contribution in [0.25, 0.3) is 16.3 Å². The third-order valence-electron chi connectivity index (χ3n) is 4.21. The summed E-state index contributed by atoms with van der Waals surface area (Å²) >= 11 is 1.54. The van der Waals surface area contributed by atoms with E-state index in [-0.39, 0.29) is 11.5 Å². The van der Waals surface area contributed by atoms with Crippen LogP contribution in [0.1, 0.15) is 42.9 Å². The maximum absolute atomic E-state index is 11.2. The highest BCUT2D eigenvalue weighted by Crippen LogP contribution is 2.35. The summed E-state index contributed by atoms with van der Waals surface area (Å²) < 4.78 is 0.999. The minimum atomic E-state index is -1.03. The lowest BCUT2D eigenvalue weighted by Gasteiger charge is -2.30. The summed E-state index contributed by atoms with van der Waals surface area (Å²) in [4.78, 5) is 19.8. The molecule has 0 radical (unpaired) electrons. The molecule has 0 fully saturated rings. The molecule has 2 heterocycles. The molecule has 2 aromatic heterocycles. The number of fused-ring (bicyclic) bond motifs is 1. The first kappa shape index (κ1) is 20.4. The Labute approximate surface area is 173 Å². The molecular formula is C22H22N4O2S. The highest BCUT2D eigenvalue weighted by molar-refractivity contribution is 7.19. The molecule has 29 heavy (non-hydrogen) atoms. The summed E-state index contributed by atoms with van der Waals surface area (Å²) in [5.74, 6) is 6.42. The fourth-order valence-corrected chi connectivity index (χ4v) is 3.77. The number of thiazole rings is 1. The molecule has 0 spiro atoms. The Kier molecular flexibility index (Phi) is 5.85. The largest absolute Gasteiger partial charge is 0.465 e. The van der Waals surface area contributed by atoms with Crippen molar-refractivity contribution in [2.75, 3.05) is 5.73 Å². The predicted molar refractivity (Wildman–Crippen MR) is 118 cm³/mol. The topological polar surface area (TPSA) is 101 Å². The van der Waals surface area contributed by atoms with Crippen LogP contribution in [0, 0.1) is 17.3 Å². The number of nitrogens with zero attached hydrogens (tertiary/aromatic N) is 2. The Morgan fingerprint density at radius 2 is 2.10 bits per heavy atom. The van der Waals surface area contributed by atoms with Crippen molar-refractivity contribution in [3.05, 3.63) is 58.7 Å². The first-order valence-electron chi connectivity index (χ1n) is 9.02. The zero-order valence-electron chi connectivity index (χ0n) is 16.4. The van der Waals surface area contributed by atoms with Gasteiger partial charge >= 0.3 is 6.09 Å². The van der Waals surface area contributed by atoms with E-state index >= 15 is 0 Å². The van der Waals surface area contributed by atoms with Crippen molar-refractivity contribution in [1.82, 2.24) is 15.3 Å². The lowest BCUT2D eigenvalue weighted by molar-refractivity contribution is 0.175.